The number of rotatable bonds is 0. The number of ether oxygens (including phenoxy) is 1. The third kappa shape index (κ3) is 1.90. The van der Waals surface area contributed by atoms with Crippen LogP contribution in [0.25, 0.3) is 16.8 Å². The average molecular weight is 342 g/mol. The minimum Gasteiger partial charge on any atom is -0.508 e. The summed E-state index contributed by atoms with van der Waals surface area (Å²) in [4.78, 5) is 9.72. The van der Waals surface area contributed by atoms with Crippen LogP contribution in [0.4, 0.5) is 5.69 Å². The molecule has 3 aromatic rings. The Morgan fingerprint density at radius 3 is 2.58 bits per heavy atom. The van der Waals surface area contributed by atoms with Crippen molar-refractivity contribution in [1.29, 1.82) is 0 Å². The third-order valence-electron chi connectivity index (χ3n) is 5.41. The summed E-state index contributed by atoms with van der Waals surface area (Å²) in [6, 6.07) is 13.4. The number of fused-ring (bicyclic) bond motifs is 4. The number of phenols is 1. The van der Waals surface area contributed by atoms with Gasteiger partial charge in [0.1, 0.15) is 11.4 Å². The van der Waals surface area contributed by atoms with Crippen molar-refractivity contribution in [2.45, 2.75) is 26.5 Å². The Kier molecular flexibility index (Phi) is 2.88. The van der Waals surface area contributed by atoms with Crippen molar-refractivity contribution < 1.29 is 9.84 Å². The Labute approximate surface area is 150 Å². The van der Waals surface area contributed by atoms with Crippen molar-refractivity contribution in [1.82, 2.24) is 0 Å². The summed E-state index contributed by atoms with van der Waals surface area (Å²) in [5.41, 5.74) is 2.83. The molecule has 0 radical (unpaired) electrons. The van der Waals surface area contributed by atoms with Gasteiger partial charge in [0, 0.05) is 10.6 Å². The summed E-state index contributed by atoms with van der Waals surface area (Å²) >= 11 is 0. The molecule has 2 aliphatic rings. The molecule has 4 nitrogen and oxygen atoms in total. The lowest BCUT2D eigenvalue weighted by Crippen LogP contribution is -2.40. The number of para-hydroxylation sites is 1. The number of aliphatic imine (C=N–C) groups is 1. The van der Waals surface area contributed by atoms with Crippen LogP contribution >= 0.6 is 0 Å². The molecule has 0 bridgehead atoms. The minimum absolute atomic E-state index is 0.223. The molecule has 128 valence electrons. The van der Waals surface area contributed by atoms with Crippen LogP contribution in [0.2, 0.25) is 0 Å². The van der Waals surface area contributed by atoms with E-state index in [4.69, 9.17) is 14.7 Å². The normalized spacial score (nSPS) is 20.0. The lowest BCUT2D eigenvalue weighted by molar-refractivity contribution is 0.211. The van der Waals surface area contributed by atoms with Gasteiger partial charge in [0.2, 0.25) is 0 Å². The smallest absolute Gasteiger partial charge is 0.260 e. The van der Waals surface area contributed by atoms with Gasteiger partial charge < -0.3 is 9.84 Å². The molecule has 26 heavy (non-hydrogen) atoms. The monoisotopic (exact) mass is 342 g/mol. The first-order valence-corrected chi connectivity index (χ1v) is 8.67. The number of phenolic OH excluding ortho intramolecular Hbond substituents is 1. The van der Waals surface area contributed by atoms with E-state index in [0.717, 1.165) is 49.6 Å². The molecule has 2 heterocycles. The molecule has 3 aromatic carbocycles. The second kappa shape index (κ2) is 4.94. The fraction of sp³-hybridized carbons (Fsp3) is 0.182. The number of aryl methyl sites for hydroxylation is 1. The quantitative estimate of drug-likeness (QED) is 0.680. The van der Waals surface area contributed by atoms with E-state index < -0.39 is 5.72 Å². The molecule has 0 saturated heterocycles. The molecule has 1 unspecified atom stereocenters. The maximum atomic E-state index is 9.97. The summed E-state index contributed by atoms with van der Waals surface area (Å²) in [6.45, 7) is 6.06. The Bertz CT molecular complexity index is 1220. The van der Waals surface area contributed by atoms with Crippen molar-refractivity contribution in [2.24, 2.45) is 9.98 Å². The third-order valence-corrected chi connectivity index (χ3v) is 5.41. The molecule has 1 N–H and O–H groups in total. The lowest BCUT2D eigenvalue weighted by Gasteiger charge is -2.32. The van der Waals surface area contributed by atoms with Gasteiger partial charge in [0.05, 0.1) is 11.1 Å². The summed E-state index contributed by atoms with van der Waals surface area (Å²) < 4.78 is 6.50. The Balaban J connectivity index is 1.83. The molecule has 4 heteroatoms. The maximum Gasteiger partial charge on any atom is 0.260 e. The van der Waals surface area contributed by atoms with Crippen LogP contribution in [-0.4, -0.2) is 16.5 Å². The van der Waals surface area contributed by atoms with Crippen LogP contribution in [0.5, 0.6) is 11.5 Å². The molecule has 1 spiro atoms. The van der Waals surface area contributed by atoms with Gasteiger partial charge in [-0.3, -0.25) is 0 Å². The van der Waals surface area contributed by atoms with Gasteiger partial charge in [-0.1, -0.05) is 24.3 Å². The van der Waals surface area contributed by atoms with E-state index in [0.29, 0.717) is 0 Å². The fourth-order valence-corrected chi connectivity index (χ4v) is 3.81. The maximum absolute atomic E-state index is 9.97. The lowest BCUT2D eigenvalue weighted by atomic mass is 9.96. The summed E-state index contributed by atoms with van der Waals surface area (Å²) in [7, 11) is 0. The molecule has 0 aliphatic carbocycles. The number of aromatic hydroxyl groups is 1. The number of hydrogen-bond donors (Lipinski definition) is 1. The van der Waals surface area contributed by atoms with Gasteiger partial charge in [-0.15, -0.1) is 0 Å². The number of benzene rings is 3. The van der Waals surface area contributed by atoms with Crippen molar-refractivity contribution in [3.8, 4) is 11.5 Å². The zero-order valence-electron chi connectivity index (χ0n) is 14.9. The summed E-state index contributed by atoms with van der Waals surface area (Å²) in [6.07, 6.45) is 2.03. The first-order valence-electron chi connectivity index (χ1n) is 8.67. The Hall–Kier alpha value is -3.14. The highest BCUT2D eigenvalue weighted by molar-refractivity contribution is 6.07. The first-order chi connectivity index (χ1) is 12.5. The van der Waals surface area contributed by atoms with E-state index >= 15 is 0 Å². The van der Waals surface area contributed by atoms with Crippen molar-refractivity contribution in [2.75, 3.05) is 0 Å². The molecule has 0 amide bonds. The van der Waals surface area contributed by atoms with Gasteiger partial charge in [-0.25, -0.2) is 9.98 Å². The van der Waals surface area contributed by atoms with E-state index in [-0.39, 0.29) is 5.75 Å². The molecule has 5 rings (SSSR count). The second-order valence-electron chi connectivity index (χ2n) is 6.97. The zero-order valence-corrected chi connectivity index (χ0v) is 14.9. The fourth-order valence-electron chi connectivity index (χ4n) is 3.81. The molecular weight excluding hydrogens is 324 g/mol. The number of nitrogens with zero attached hydrogens (tertiary/aromatic N) is 2. The van der Waals surface area contributed by atoms with Gasteiger partial charge in [0.15, 0.2) is 5.75 Å². The van der Waals surface area contributed by atoms with Crippen LogP contribution in [0.15, 0.2) is 52.4 Å². The van der Waals surface area contributed by atoms with Crippen LogP contribution < -0.4 is 15.3 Å². The summed E-state index contributed by atoms with van der Waals surface area (Å²) in [5, 5.41) is 13.9. The van der Waals surface area contributed by atoms with Crippen LogP contribution in [0.3, 0.4) is 0 Å². The molecule has 0 fully saturated rings. The molecule has 1 atom stereocenters. The van der Waals surface area contributed by atoms with Gasteiger partial charge >= 0.3 is 0 Å². The number of hydrogen-bond acceptors (Lipinski definition) is 4. The second-order valence-corrected chi connectivity index (χ2v) is 6.97. The molecule has 0 aromatic heterocycles. The van der Waals surface area contributed by atoms with Crippen molar-refractivity contribution >= 4 is 28.2 Å². The first kappa shape index (κ1) is 15.1. The molecular formula is C22H18N2O2. The van der Waals surface area contributed by atoms with Gasteiger partial charge in [-0.05, 0) is 61.6 Å². The highest BCUT2D eigenvalue weighted by atomic mass is 16.5. The SMILES string of the molecule is CC1=Nc2c(c(C)c(C)c3ccc(O)cc23)OC12C=c1ccccc1=N2. The Morgan fingerprint density at radius 1 is 0.962 bits per heavy atom. The molecule has 2 aliphatic heterocycles. The topological polar surface area (TPSA) is 54.2 Å². The van der Waals surface area contributed by atoms with Gasteiger partial charge in [-0.2, -0.15) is 0 Å². The predicted octanol–water partition coefficient (Wildman–Crippen LogP) is 3.46. The zero-order chi connectivity index (χ0) is 18.1. The van der Waals surface area contributed by atoms with Crippen molar-refractivity contribution in [3.63, 3.8) is 0 Å². The highest BCUT2D eigenvalue weighted by Gasteiger charge is 2.40. The van der Waals surface area contributed by atoms with Gasteiger partial charge in [0.25, 0.3) is 5.72 Å². The minimum atomic E-state index is -0.890. The van der Waals surface area contributed by atoms with Crippen LogP contribution in [0, 0.1) is 13.8 Å². The molecule has 0 saturated carbocycles. The van der Waals surface area contributed by atoms with Crippen LogP contribution in [-0.2, 0) is 0 Å². The van der Waals surface area contributed by atoms with Crippen LogP contribution in [0.1, 0.15) is 18.1 Å². The highest BCUT2D eigenvalue weighted by Crippen LogP contribution is 2.47. The van der Waals surface area contributed by atoms with E-state index in [1.54, 1.807) is 12.1 Å². The van der Waals surface area contributed by atoms with E-state index in [9.17, 15) is 5.11 Å². The van der Waals surface area contributed by atoms with E-state index in [1.165, 1.54) is 0 Å². The van der Waals surface area contributed by atoms with E-state index in [1.807, 2.05) is 50.3 Å². The average Bonchev–Trinajstić information content (AvgIpc) is 3.00. The largest absolute Gasteiger partial charge is 0.508 e. The van der Waals surface area contributed by atoms with E-state index in [2.05, 4.69) is 6.92 Å². The Morgan fingerprint density at radius 2 is 1.77 bits per heavy atom. The standard InChI is InChI=1S/C22H18N2O2/c1-12-13(2)21-20(18-10-16(25)8-9-17(12)18)23-14(3)22(26-21)11-15-6-4-5-7-19(15)24-22/h4-11,25H,1-3H3. The predicted molar refractivity (Wildman–Crippen MR) is 103 cm³/mol. The summed E-state index contributed by atoms with van der Waals surface area (Å²) in [5.74, 6) is 0.958. The van der Waals surface area contributed by atoms with Crippen molar-refractivity contribution in [3.05, 3.63) is 64.2 Å².